The van der Waals surface area contributed by atoms with E-state index in [2.05, 4.69) is 0 Å². The summed E-state index contributed by atoms with van der Waals surface area (Å²) in [6.45, 7) is 6.80. The van der Waals surface area contributed by atoms with Crippen LogP contribution in [0.1, 0.15) is 32.8 Å². The van der Waals surface area contributed by atoms with Crippen LogP contribution >= 0.6 is 0 Å². The topological polar surface area (TPSA) is 102 Å². The summed E-state index contributed by atoms with van der Waals surface area (Å²) in [6.07, 6.45) is -2.07. The van der Waals surface area contributed by atoms with Crippen molar-refractivity contribution in [2.75, 3.05) is 12.4 Å². The molecule has 1 amide bonds. The fourth-order valence-corrected chi connectivity index (χ4v) is 2.66. The van der Waals surface area contributed by atoms with E-state index in [1.54, 1.807) is 32.9 Å². The van der Waals surface area contributed by atoms with E-state index in [1.165, 1.54) is 0 Å². The third-order valence-electron chi connectivity index (χ3n) is 2.82. The maximum atomic E-state index is 11.8. The average Bonchev–Trinajstić information content (AvgIpc) is 2.42. The molecule has 0 aliphatic heterocycles. The van der Waals surface area contributed by atoms with Crippen LogP contribution in [0.25, 0.3) is 0 Å². The summed E-state index contributed by atoms with van der Waals surface area (Å²) in [6, 6.07) is 7.28. The van der Waals surface area contributed by atoms with Gasteiger partial charge in [-0.25, -0.2) is 17.9 Å². The van der Waals surface area contributed by atoms with Crippen molar-refractivity contribution in [1.82, 2.24) is 4.72 Å². The molecule has 0 heterocycles. The van der Waals surface area contributed by atoms with Gasteiger partial charge in [0, 0.05) is 0 Å². The Balaban J connectivity index is 2.37. The minimum atomic E-state index is -3.88. The Kier molecular flexibility index (Phi) is 7.04. The molecule has 0 bridgehead atoms. The molecule has 7 nitrogen and oxygen atoms in total. The van der Waals surface area contributed by atoms with Gasteiger partial charge in [0.15, 0.2) is 0 Å². The highest BCUT2D eigenvalue weighted by Crippen LogP contribution is 2.12. The van der Waals surface area contributed by atoms with E-state index < -0.39 is 33.6 Å². The molecular formula is C16H25NO6S. The summed E-state index contributed by atoms with van der Waals surface area (Å²) in [4.78, 5) is 11.5. The van der Waals surface area contributed by atoms with Gasteiger partial charge in [-0.2, -0.15) is 0 Å². The van der Waals surface area contributed by atoms with Crippen LogP contribution in [0.2, 0.25) is 0 Å². The van der Waals surface area contributed by atoms with Crippen molar-refractivity contribution in [3.8, 4) is 5.75 Å². The molecule has 1 unspecified atom stereocenters. The first-order valence-electron chi connectivity index (χ1n) is 7.58. The highest BCUT2D eigenvalue weighted by atomic mass is 32.2. The standard InChI is InChI=1S/C16H25NO6S/c1-12-5-7-14(8-6-12)22-11-13(18)9-10-24(20,21)17-15(19)23-16(2,3)4/h5-8,13,18H,9-11H2,1-4H3,(H,17,19). The highest BCUT2D eigenvalue weighted by molar-refractivity contribution is 7.90. The van der Waals surface area contributed by atoms with Gasteiger partial charge in [0.25, 0.3) is 0 Å². The first kappa shape index (κ1) is 20.2. The van der Waals surface area contributed by atoms with Gasteiger partial charge >= 0.3 is 6.09 Å². The van der Waals surface area contributed by atoms with Crippen molar-refractivity contribution in [2.24, 2.45) is 0 Å². The smallest absolute Gasteiger partial charge is 0.421 e. The van der Waals surface area contributed by atoms with Crippen LogP contribution in [0.4, 0.5) is 4.79 Å². The lowest BCUT2D eigenvalue weighted by molar-refractivity contribution is 0.0569. The SMILES string of the molecule is Cc1ccc(OCC(O)CCS(=O)(=O)NC(=O)OC(C)(C)C)cc1. The second kappa shape index (κ2) is 8.34. The number of hydrogen-bond acceptors (Lipinski definition) is 6. The Bertz CT molecular complexity index is 634. The van der Waals surface area contributed by atoms with Gasteiger partial charge in [0.05, 0.1) is 11.9 Å². The third kappa shape index (κ3) is 8.73. The number of benzene rings is 1. The lowest BCUT2D eigenvalue weighted by Gasteiger charge is -2.19. The molecular weight excluding hydrogens is 334 g/mol. The molecule has 0 aromatic heterocycles. The predicted octanol–water partition coefficient (Wildman–Crippen LogP) is 1.98. The molecule has 0 fully saturated rings. The number of aryl methyl sites for hydroxylation is 1. The van der Waals surface area contributed by atoms with Crippen molar-refractivity contribution in [3.63, 3.8) is 0 Å². The second-order valence-electron chi connectivity index (χ2n) is 6.49. The fourth-order valence-electron chi connectivity index (χ4n) is 1.68. The van der Waals surface area contributed by atoms with Gasteiger partial charge in [0.1, 0.15) is 18.0 Å². The minimum absolute atomic E-state index is 0.0367. The van der Waals surface area contributed by atoms with Gasteiger partial charge in [-0.05, 0) is 46.2 Å². The maximum absolute atomic E-state index is 11.8. The van der Waals surface area contributed by atoms with E-state index in [9.17, 15) is 18.3 Å². The molecule has 24 heavy (non-hydrogen) atoms. The number of rotatable bonds is 7. The molecule has 0 aliphatic rings. The van der Waals surface area contributed by atoms with E-state index >= 15 is 0 Å². The number of nitrogens with one attached hydrogen (secondary N) is 1. The molecule has 0 radical (unpaired) electrons. The summed E-state index contributed by atoms with van der Waals surface area (Å²) < 4.78 is 35.6. The first-order chi connectivity index (χ1) is 11.0. The Labute approximate surface area is 143 Å². The molecule has 2 N–H and O–H groups in total. The van der Waals surface area contributed by atoms with Crippen LogP contribution in [0.15, 0.2) is 24.3 Å². The van der Waals surface area contributed by atoms with Crippen LogP contribution in [0.5, 0.6) is 5.75 Å². The number of sulfonamides is 1. The van der Waals surface area contributed by atoms with Crippen LogP contribution < -0.4 is 9.46 Å². The van der Waals surface area contributed by atoms with Gasteiger partial charge in [0.2, 0.25) is 10.0 Å². The zero-order valence-corrected chi connectivity index (χ0v) is 15.2. The number of carbonyl (C=O) groups excluding carboxylic acids is 1. The summed E-state index contributed by atoms with van der Waals surface area (Å²) in [5, 5.41) is 9.82. The molecule has 1 aromatic carbocycles. The Morgan fingerprint density at radius 3 is 2.38 bits per heavy atom. The van der Waals surface area contributed by atoms with Gasteiger partial charge < -0.3 is 14.6 Å². The normalized spacial score (nSPS) is 13.2. The molecule has 0 saturated heterocycles. The van der Waals surface area contributed by atoms with Crippen molar-refractivity contribution in [2.45, 2.75) is 45.8 Å². The van der Waals surface area contributed by atoms with E-state index in [4.69, 9.17) is 9.47 Å². The van der Waals surface area contributed by atoms with Gasteiger partial charge in [-0.3, -0.25) is 0 Å². The molecule has 0 spiro atoms. The van der Waals surface area contributed by atoms with Crippen molar-refractivity contribution < 1.29 is 27.8 Å². The van der Waals surface area contributed by atoms with Crippen molar-refractivity contribution in [1.29, 1.82) is 0 Å². The monoisotopic (exact) mass is 359 g/mol. The number of carbonyl (C=O) groups is 1. The first-order valence-corrected chi connectivity index (χ1v) is 9.23. The highest BCUT2D eigenvalue weighted by Gasteiger charge is 2.22. The Morgan fingerprint density at radius 2 is 1.83 bits per heavy atom. The number of ether oxygens (including phenoxy) is 2. The van der Waals surface area contributed by atoms with Crippen LogP contribution in [-0.2, 0) is 14.8 Å². The maximum Gasteiger partial charge on any atom is 0.421 e. The van der Waals surface area contributed by atoms with Crippen LogP contribution in [0, 0.1) is 6.92 Å². The van der Waals surface area contributed by atoms with E-state index in [0.29, 0.717) is 5.75 Å². The summed E-state index contributed by atoms with van der Waals surface area (Å²) >= 11 is 0. The molecule has 1 atom stereocenters. The predicted molar refractivity (Wildman–Crippen MR) is 90.5 cm³/mol. The zero-order valence-electron chi connectivity index (χ0n) is 14.4. The Hall–Kier alpha value is -1.80. The number of hydrogen-bond donors (Lipinski definition) is 2. The number of aliphatic hydroxyl groups is 1. The lowest BCUT2D eigenvalue weighted by Crippen LogP contribution is -2.38. The molecule has 0 aliphatic carbocycles. The van der Waals surface area contributed by atoms with E-state index in [1.807, 2.05) is 23.8 Å². The van der Waals surface area contributed by atoms with Crippen LogP contribution in [-0.4, -0.2) is 43.7 Å². The molecule has 1 rings (SSSR count). The quantitative estimate of drug-likeness (QED) is 0.772. The summed E-state index contributed by atoms with van der Waals surface area (Å²) in [5.41, 5.74) is 0.295. The Morgan fingerprint density at radius 1 is 1.25 bits per heavy atom. The van der Waals surface area contributed by atoms with Crippen molar-refractivity contribution >= 4 is 16.1 Å². The van der Waals surface area contributed by atoms with Gasteiger partial charge in [-0.1, -0.05) is 17.7 Å². The minimum Gasteiger partial charge on any atom is -0.491 e. The molecule has 136 valence electrons. The molecule has 1 aromatic rings. The second-order valence-corrected chi connectivity index (χ2v) is 8.33. The number of amides is 1. The fraction of sp³-hybridized carbons (Fsp3) is 0.562. The van der Waals surface area contributed by atoms with Crippen LogP contribution in [0.3, 0.4) is 0 Å². The summed E-state index contributed by atoms with van der Waals surface area (Å²) in [7, 11) is -3.88. The number of aliphatic hydroxyl groups excluding tert-OH is 1. The van der Waals surface area contributed by atoms with E-state index in [-0.39, 0.29) is 13.0 Å². The molecule has 0 saturated carbocycles. The largest absolute Gasteiger partial charge is 0.491 e. The molecule has 8 heteroatoms. The van der Waals surface area contributed by atoms with Crippen molar-refractivity contribution in [3.05, 3.63) is 29.8 Å². The zero-order chi connectivity index (χ0) is 18.4. The summed E-state index contributed by atoms with van der Waals surface area (Å²) in [5.74, 6) is 0.180. The lowest BCUT2D eigenvalue weighted by atomic mass is 10.2. The average molecular weight is 359 g/mol. The van der Waals surface area contributed by atoms with E-state index in [0.717, 1.165) is 5.56 Å². The third-order valence-corrected chi connectivity index (χ3v) is 4.07. The van der Waals surface area contributed by atoms with Gasteiger partial charge in [-0.15, -0.1) is 0 Å².